The Labute approximate surface area is 179 Å². The molecule has 0 N–H and O–H groups in total. The van der Waals surface area contributed by atoms with Gasteiger partial charge in [0.25, 0.3) is 0 Å². The van der Waals surface area contributed by atoms with Gasteiger partial charge >= 0.3 is 6.18 Å². The summed E-state index contributed by atoms with van der Waals surface area (Å²) in [5.41, 5.74) is 0.143. The van der Waals surface area contributed by atoms with Gasteiger partial charge in [-0.3, -0.25) is 4.79 Å². The van der Waals surface area contributed by atoms with Crippen LogP contribution in [0.3, 0.4) is 0 Å². The standard InChI is InChI=1S/C21H23F3N2O4S/c1-16-3-2-4-18(15-16)30-14-9-20(27)25-10-12-26(13-11-25)31(28,29)19-7-5-17(6-8-19)21(22,23)24/h2-8,15H,9-14H2,1H3. The van der Waals surface area contributed by atoms with Crippen molar-refractivity contribution in [3.8, 4) is 5.75 Å². The molecule has 2 aromatic rings. The van der Waals surface area contributed by atoms with Crippen LogP contribution in [0.1, 0.15) is 17.5 Å². The summed E-state index contributed by atoms with van der Waals surface area (Å²) in [5, 5.41) is 0. The van der Waals surface area contributed by atoms with E-state index < -0.39 is 21.8 Å². The lowest BCUT2D eigenvalue weighted by Crippen LogP contribution is -2.50. The Bertz CT molecular complexity index is 1020. The topological polar surface area (TPSA) is 66.9 Å². The van der Waals surface area contributed by atoms with Crippen LogP contribution in [0.25, 0.3) is 0 Å². The Morgan fingerprint density at radius 1 is 1.03 bits per heavy atom. The first kappa shape index (κ1) is 23.1. The van der Waals surface area contributed by atoms with Gasteiger partial charge < -0.3 is 9.64 Å². The van der Waals surface area contributed by atoms with E-state index in [9.17, 15) is 26.4 Å². The molecule has 6 nitrogen and oxygen atoms in total. The highest BCUT2D eigenvalue weighted by molar-refractivity contribution is 7.89. The molecule has 31 heavy (non-hydrogen) atoms. The van der Waals surface area contributed by atoms with Gasteiger partial charge in [0.1, 0.15) is 5.75 Å². The van der Waals surface area contributed by atoms with Crippen LogP contribution < -0.4 is 4.74 Å². The number of amides is 1. The summed E-state index contributed by atoms with van der Waals surface area (Å²) in [6.45, 7) is 2.73. The molecule has 1 fully saturated rings. The zero-order valence-electron chi connectivity index (χ0n) is 16.9. The van der Waals surface area contributed by atoms with Crippen molar-refractivity contribution in [3.63, 3.8) is 0 Å². The molecule has 1 aliphatic rings. The zero-order valence-corrected chi connectivity index (χ0v) is 17.7. The van der Waals surface area contributed by atoms with Crippen molar-refractivity contribution in [2.24, 2.45) is 0 Å². The first-order valence-electron chi connectivity index (χ1n) is 9.72. The molecular weight excluding hydrogens is 433 g/mol. The van der Waals surface area contributed by atoms with E-state index in [1.165, 1.54) is 4.31 Å². The monoisotopic (exact) mass is 456 g/mol. The molecule has 1 heterocycles. The normalized spacial score (nSPS) is 15.7. The predicted molar refractivity (Wildman–Crippen MR) is 108 cm³/mol. The predicted octanol–water partition coefficient (Wildman–Crippen LogP) is 3.32. The van der Waals surface area contributed by atoms with Gasteiger partial charge in [0.2, 0.25) is 15.9 Å². The number of hydrogen-bond acceptors (Lipinski definition) is 4. The highest BCUT2D eigenvalue weighted by Gasteiger charge is 2.33. The number of hydrogen-bond donors (Lipinski definition) is 0. The van der Waals surface area contributed by atoms with Crippen molar-refractivity contribution in [2.75, 3.05) is 32.8 Å². The van der Waals surface area contributed by atoms with E-state index in [0.717, 1.165) is 29.8 Å². The summed E-state index contributed by atoms with van der Waals surface area (Å²) in [5.74, 6) is 0.541. The van der Waals surface area contributed by atoms with E-state index in [1.807, 2.05) is 31.2 Å². The third-order valence-electron chi connectivity index (χ3n) is 4.98. The quantitative estimate of drug-likeness (QED) is 0.669. The van der Waals surface area contributed by atoms with E-state index in [0.29, 0.717) is 5.75 Å². The number of carbonyl (C=O) groups excluding carboxylic acids is 1. The summed E-state index contributed by atoms with van der Waals surface area (Å²) in [7, 11) is -3.93. The van der Waals surface area contributed by atoms with Gasteiger partial charge in [-0.2, -0.15) is 17.5 Å². The molecule has 0 radical (unpaired) electrons. The zero-order chi connectivity index (χ0) is 22.6. The van der Waals surface area contributed by atoms with E-state index in [2.05, 4.69) is 0 Å². The molecular formula is C21H23F3N2O4S. The molecule has 3 rings (SSSR count). The summed E-state index contributed by atoms with van der Waals surface area (Å²) in [6.07, 6.45) is -4.36. The maximum Gasteiger partial charge on any atom is 0.416 e. The lowest BCUT2D eigenvalue weighted by atomic mass is 10.2. The van der Waals surface area contributed by atoms with Crippen LogP contribution in [-0.2, 0) is 21.0 Å². The number of carbonyl (C=O) groups is 1. The second kappa shape index (κ2) is 9.27. The van der Waals surface area contributed by atoms with E-state index >= 15 is 0 Å². The van der Waals surface area contributed by atoms with E-state index in [4.69, 9.17) is 4.74 Å². The molecule has 0 bridgehead atoms. The van der Waals surface area contributed by atoms with Crippen LogP contribution in [0.4, 0.5) is 13.2 Å². The Morgan fingerprint density at radius 3 is 2.26 bits per heavy atom. The summed E-state index contributed by atoms with van der Waals surface area (Å²) < 4.78 is 70.2. The Morgan fingerprint density at radius 2 is 1.68 bits per heavy atom. The number of ether oxygens (including phenoxy) is 1. The lowest BCUT2D eigenvalue weighted by Gasteiger charge is -2.34. The van der Waals surface area contributed by atoms with Crippen LogP contribution in [0, 0.1) is 6.92 Å². The molecule has 1 amide bonds. The van der Waals surface area contributed by atoms with E-state index in [1.54, 1.807) is 4.90 Å². The average Bonchev–Trinajstić information content (AvgIpc) is 2.73. The second-order valence-corrected chi connectivity index (χ2v) is 9.16. The highest BCUT2D eigenvalue weighted by Crippen LogP contribution is 2.30. The Balaban J connectivity index is 1.51. The van der Waals surface area contributed by atoms with Crippen molar-refractivity contribution in [1.82, 2.24) is 9.21 Å². The number of alkyl halides is 3. The van der Waals surface area contributed by atoms with Crippen LogP contribution in [0.2, 0.25) is 0 Å². The van der Waals surface area contributed by atoms with Gasteiger partial charge in [-0.25, -0.2) is 8.42 Å². The number of aryl methyl sites for hydroxylation is 1. The lowest BCUT2D eigenvalue weighted by molar-refractivity contribution is -0.137. The third kappa shape index (κ3) is 5.76. The second-order valence-electron chi connectivity index (χ2n) is 7.22. The van der Waals surface area contributed by atoms with Crippen molar-refractivity contribution in [1.29, 1.82) is 0 Å². The largest absolute Gasteiger partial charge is 0.493 e. The molecule has 0 aromatic heterocycles. The minimum absolute atomic E-state index is 0.0772. The molecule has 0 unspecified atom stereocenters. The van der Waals surface area contributed by atoms with Crippen LogP contribution in [0.15, 0.2) is 53.4 Å². The SMILES string of the molecule is Cc1cccc(OCCC(=O)N2CCN(S(=O)(=O)c3ccc(C(F)(F)F)cc3)CC2)c1. The fraction of sp³-hybridized carbons (Fsp3) is 0.381. The molecule has 0 aliphatic carbocycles. The number of rotatable bonds is 6. The number of nitrogens with zero attached hydrogens (tertiary/aromatic N) is 2. The summed E-state index contributed by atoms with van der Waals surface area (Å²) in [4.78, 5) is 13.8. The Kier molecular flexibility index (Phi) is 6.90. The molecule has 1 saturated heterocycles. The minimum Gasteiger partial charge on any atom is -0.493 e. The molecule has 10 heteroatoms. The van der Waals surface area contributed by atoms with Gasteiger partial charge in [0.05, 0.1) is 23.5 Å². The maximum absolute atomic E-state index is 12.7. The van der Waals surface area contributed by atoms with Crippen LogP contribution in [0.5, 0.6) is 5.75 Å². The van der Waals surface area contributed by atoms with Gasteiger partial charge in [-0.05, 0) is 48.9 Å². The first-order valence-corrected chi connectivity index (χ1v) is 11.2. The molecule has 2 aromatic carbocycles. The fourth-order valence-electron chi connectivity index (χ4n) is 3.26. The summed E-state index contributed by atoms with van der Waals surface area (Å²) >= 11 is 0. The van der Waals surface area contributed by atoms with Gasteiger partial charge in [-0.15, -0.1) is 0 Å². The van der Waals surface area contributed by atoms with Crippen molar-refractivity contribution in [2.45, 2.75) is 24.4 Å². The average molecular weight is 456 g/mol. The van der Waals surface area contributed by atoms with Gasteiger partial charge in [-0.1, -0.05) is 12.1 Å². The molecule has 0 atom stereocenters. The van der Waals surface area contributed by atoms with Crippen LogP contribution in [-0.4, -0.2) is 56.3 Å². The maximum atomic E-state index is 12.7. The minimum atomic E-state index is -4.53. The number of benzene rings is 2. The van der Waals surface area contributed by atoms with Crippen molar-refractivity contribution >= 4 is 15.9 Å². The molecule has 168 valence electrons. The highest BCUT2D eigenvalue weighted by atomic mass is 32.2. The first-order chi connectivity index (χ1) is 14.6. The molecule has 0 saturated carbocycles. The summed E-state index contributed by atoms with van der Waals surface area (Å²) in [6, 6.07) is 10.9. The van der Waals surface area contributed by atoms with Gasteiger partial charge in [0, 0.05) is 26.2 Å². The fourth-order valence-corrected chi connectivity index (χ4v) is 4.68. The van der Waals surface area contributed by atoms with Crippen molar-refractivity contribution < 1.29 is 31.1 Å². The van der Waals surface area contributed by atoms with Crippen molar-refractivity contribution in [3.05, 3.63) is 59.7 Å². The smallest absolute Gasteiger partial charge is 0.416 e. The third-order valence-corrected chi connectivity index (χ3v) is 6.90. The Hall–Kier alpha value is -2.59. The molecule has 0 spiro atoms. The number of sulfonamides is 1. The number of piperazine rings is 1. The molecule has 1 aliphatic heterocycles. The van der Waals surface area contributed by atoms with Crippen LogP contribution >= 0.6 is 0 Å². The number of halogens is 3. The van der Waals surface area contributed by atoms with Gasteiger partial charge in [0.15, 0.2) is 0 Å². The van der Waals surface area contributed by atoms with E-state index in [-0.39, 0.29) is 50.0 Å².